The summed E-state index contributed by atoms with van der Waals surface area (Å²) in [6, 6.07) is 2.69. The average Bonchev–Trinajstić information content (AvgIpc) is 2.36. The third-order valence-electron chi connectivity index (χ3n) is 2.72. The van der Waals surface area contributed by atoms with E-state index in [0.29, 0.717) is 12.0 Å². The van der Waals surface area contributed by atoms with E-state index < -0.39 is 15.9 Å². The molecule has 0 aromatic heterocycles. The van der Waals surface area contributed by atoms with Crippen LogP contribution in [0.1, 0.15) is 18.0 Å². The zero-order chi connectivity index (χ0) is 14.6. The number of sulfone groups is 1. The van der Waals surface area contributed by atoms with Crippen LogP contribution in [0.15, 0.2) is 17.0 Å². The van der Waals surface area contributed by atoms with Crippen molar-refractivity contribution in [2.45, 2.75) is 17.4 Å². The summed E-state index contributed by atoms with van der Waals surface area (Å²) in [7, 11) is -0.724. The molecule has 1 atom stereocenters. The molecule has 1 aromatic rings. The first-order valence-electron chi connectivity index (χ1n) is 5.67. The summed E-state index contributed by atoms with van der Waals surface area (Å²) in [5.74, 6) is 0.371. The second-order valence-electron chi connectivity index (χ2n) is 4.15. The molecule has 0 aliphatic carbocycles. The number of ether oxygens (including phenoxy) is 2. The highest BCUT2D eigenvalue weighted by molar-refractivity contribution is 7.91. The van der Waals surface area contributed by atoms with Crippen molar-refractivity contribution < 1.29 is 23.0 Å². The lowest BCUT2D eigenvalue weighted by molar-refractivity contribution is 0.276. The predicted molar refractivity (Wildman–Crippen MR) is 71.3 cm³/mol. The van der Waals surface area contributed by atoms with Crippen LogP contribution in [-0.4, -0.2) is 40.6 Å². The third-order valence-corrected chi connectivity index (χ3v) is 3.87. The van der Waals surface area contributed by atoms with Gasteiger partial charge < -0.3 is 20.3 Å². The SMILES string of the molecule is COc1cc(C(N)CCO)cc(OC)c1S(C)(=O)=O. The van der Waals surface area contributed by atoms with Crippen LogP contribution >= 0.6 is 0 Å². The number of aliphatic hydroxyl groups is 1. The van der Waals surface area contributed by atoms with Gasteiger partial charge >= 0.3 is 0 Å². The standard InChI is InChI=1S/C12H19NO5S/c1-17-10-6-8(9(13)4-5-14)7-11(18-2)12(10)19(3,15)16/h6-7,9,14H,4-5,13H2,1-3H3. The normalized spacial score (nSPS) is 13.1. The third kappa shape index (κ3) is 3.59. The fraction of sp³-hybridized carbons (Fsp3) is 0.500. The summed E-state index contributed by atoms with van der Waals surface area (Å²) in [6.45, 7) is -0.0559. The molecule has 108 valence electrons. The summed E-state index contributed by atoms with van der Waals surface area (Å²) in [4.78, 5) is -0.00236. The minimum Gasteiger partial charge on any atom is -0.495 e. The first-order chi connectivity index (χ1) is 8.85. The Balaban J connectivity index is 3.45. The highest BCUT2D eigenvalue weighted by Crippen LogP contribution is 2.36. The van der Waals surface area contributed by atoms with E-state index in [1.807, 2.05) is 0 Å². The van der Waals surface area contributed by atoms with Gasteiger partial charge in [-0.2, -0.15) is 0 Å². The van der Waals surface area contributed by atoms with Crippen LogP contribution in [0.25, 0.3) is 0 Å². The fourth-order valence-electron chi connectivity index (χ4n) is 1.79. The molecule has 1 rings (SSSR count). The predicted octanol–water partition coefficient (Wildman–Crippen LogP) is 0.490. The van der Waals surface area contributed by atoms with E-state index in [1.165, 1.54) is 14.2 Å². The Kier molecular flexibility index (Phi) is 5.16. The molecule has 0 saturated heterocycles. The van der Waals surface area contributed by atoms with Gasteiger partial charge in [0.1, 0.15) is 11.5 Å². The molecule has 0 aliphatic heterocycles. The zero-order valence-corrected chi connectivity index (χ0v) is 12.0. The molecule has 0 fully saturated rings. The van der Waals surface area contributed by atoms with E-state index in [0.717, 1.165) is 6.26 Å². The van der Waals surface area contributed by atoms with Gasteiger partial charge in [-0.15, -0.1) is 0 Å². The Bertz CT molecular complexity index is 516. The lowest BCUT2D eigenvalue weighted by atomic mass is 10.0. The second-order valence-corrected chi connectivity index (χ2v) is 6.10. The largest absolute Gasteiger partial charge is 0.495 e. The Morgan fingerprint density at radius 2 is 1.74 bits per heavy atom. The summed E-state index contributed by atoms with van der Waals surface area (Å²) >= 11 is 0. The van der Waals surface area contributed by atoms with E-state index in [2.05, 4.69) is 0 Å². The zero-order valence-electron chi connectivity index (χ0n) is 11.2. The van der Waals surface area contributed by atoms with Crippen molar-refractivity contribution in [2.24, 2.45) is 5.73 Å². The quantitative estimate of drug-likeness (QED) is 0.790. The first kappa shape index (κ1) is 15.7. The summed E-state index contributed by atoms with van der Waals surface area (Å²) in [5, 5.41) is 8.90. The molecular formula is C12H19NO5S. The molecule has 0 saturated carbocycles. The Morgan fingerprint density at radius 3 is 2.05 bits per heavy atom. The molecule has 19 heavy (non-hydrogen) atoms. The van der Waals surface area contributed by atoms with Crippen LogP contribution in [-0.2, 0) is 9.84 Å². The molecule has 1 unspecified atom stereocenters. The molecule has 7 heteroatoms. The van der Waals surface area contributed by atoms with Gasteiger partial charge in [0.05, 0.1) is 14.2 Å². The van der Waals surface area contributed by atoms with Crippen molar-refractivity contribution in [3.05, 3.63) is 17.7 Å². The van der Waals surface area contributed by atoms with E-state index in [-0.39, 0.29) is 23.0 Å². The molecule has 1 aromatic carbocycles. The Hall–Kier alpha value is -1.31. The highest BCUT2D eigenvalue weighted by atomic mass is 32.2. The van der Waals surface area contributed by atoms with Crippen molar-refractivity contribution in [1.82, 2.24) is 0 Å². The van der Waals surface area contributed by atoms with E-state index >= 15 is 0 Å². The number of hydrogen-bond donors (Lipinski definition) is 2. The summed E-state index contributed by atoms with van der Waals surface area (Å²) in [6.07, 6.45) is 1.45. The molecule has 0 amide bonds. The van der Waals surface area contributed by atoms with Gasteiger partial charge in [0, 0.05) is 18.9 Å². The maximum absolute atomic E-state index is 11.8. The van der Waals surface area contributed by atoms with Gasteiger partial charge in [-0.05, 0) is 24.1 Å². The van der Waals surface area contributed by atoms with Gasteiger partial charge in [-0.1, -0.05) is 0 Å². The molecule has 0 bridgehead atoms. The van der Waals surface area contributed by atoms with Gasteiger partial charge in [0.2, 0.25) is 0 Å². The van der Waals surface area contributed by atoms with Crippen LogP contribution in [0.3, 0.4) is 0 Å². The summed E-state index contributed by atoms with van der Waals surface area (Å²) < 4.78 is 33.7. The van der Waals surface area contributed by atoms with Gasteiger partial charge in [-0.3, -0.25) is 0 Å². The number of nitrogens with two attached hydrogens (primary N) is 1. The van der Waals surface area contributed by atoms with Crippen LogP contribution in [0, 0.1) is 0 Å². The minimum absolute atomic E-state index is 0.00236. The molecular weight excluding hydrogens is 270 g/mol. The maximum Gasteiger partial charge on any atom is 0.182 e. The highest BCUT2D eigenvalue weighted by Gasteiger charge is 2.23. The molecule has 0 spiro atoms. The minimum atomic E-state index is -3.48. The van der Waals surface area contributed by atoms with E-state index in [4.69, 9.17) is 20.3 Å². The van der Waals surface area contributed by atoms with Crippen molar-refractivity contribution >= 4 is 9.84 Å². The topological polar surface area (TPSA) is 98.8 Å². The van der Waals surface area contributed by atoms with Crippen LogP contribution in [0.4, 0.5) is 0 Å². The molecule has 0 radical (unpaired) electrons. The molecule has 6 nitrogen and oxygen atoms in total. The fourth-order valence-corrected chi connectivity index (χ4v) is 2.80. The van der Waals surface area contributed by atoms with Crippen molar-refractivity contribution in [1.29, 1.82) is 0 Å². The Morgan fingerprint density at radius 1 is 1.26 bits per heavy atom. The first-order valence-corrected chi connectivity index (χ1v) is 7.56. The molecule has 0 aliphatic rings. The number of hydrogen-bond acceptors (Lipinski definition) is 6. The van der Waals surface area contributed by atoms with Gasteiger partial charge in [0.15, 0.2) is 14.7 Å². The second kappa shape index (κ2) is 6.23. The van der Waals surface area contributed by atoms with Crippen LogP contribution < -0.4 is 15.2 Å². The van der Waals surface area contributed by atoms with Gasteiger partial charge in [-0.25, -0.2) is 8.42 Å². The maximum atomic E-state index is 11.8. The lowest BCUT2D eigenvalue weighted by Gasteiger charge is -2.17. The lowest BCUT2D eigenvalue weighted by Crippen LogP contribution is -2.13. The van der Waals surface area contributed by atoms with Crippen LogP contribution in [0.2, 0.25) is 0 Å². The molecule has 0 heterocycles. The number of rotatable bonds is 6. The van der Waals surface area contributed by atoms with Crippen LogP contribution in [0.5, 0.6) is 11.5 Å². The van der Waals surface area contributed by atoms with Crippen molar-refractivity contribution in [3.8, 4) is 11.5 Å². The number of aliphatic hydroxyl groups excluding tert-OH is 1. The summed E-state index contributed by atoms with van der Waals surface area (Å²) in [5.41, 5.74) is 6.54. The van der Waals surface area contributed by atoms with E-state index in [1.54, 1.807) is 12.1 Å². The van der Waals surface area contributed by atoms with E-state index in [9.17, 15) is 8.42 Å². The van der Waals surface area contributed by atoms with Crippen molar-refractivity contribution in [2.75, 3.05) is 27.1 Å². The Labute approximate surface area is 113 Å². The monoisotopic (exact) mass is 289 g/mol. The number of methoxy groups -OCH3 is 2. The van der Waals surface area contributed by atoms with Gasteiger partial charge in [0.25, 0.3) is 0 Å². The average molecular weight is 289 g/mol. The molecule has 3 N–H and O–H groups in total. The number of benzene rings is 1. The van der Waals surface area contributed by atoms with Crippen molar-refractivity contribution in [3.63, 3.8) is 0 Å². The smallest absolute Gasteiger partial charge is 0.182 e.